The summed E-state index contributed by atoms with van der Waals surface area (Å²) in [7, 11) is 0. The molecular weight excluding hydrogens is 192 g/mol. The molecule has 0 unspecified atom stereocenters. The smallest absolute Gasteiger partial charge is 0.278 e. The van der Waals surface area contributed by atoms with Crippen molar-refractivity contribution < 1.29 is 13.9 Å². The van der Waals surface area contributed by atoms with Crippen molar-refractivity contribution in [3.63, 3.8) is 0 Å². The highest BCUT2D eigenvalue weighted by Gasteiger charge is 2.12. The van der Waals surface area contributed by atoms with Gasteiger partial charge in [0.05, 0.1) is 5.69 Å². The van der Waals surface area contributed by atoms with Crippen molar-refractivity contribution in [2.75, 3.05) is 0 Å². The van der Waals surface area contributed by atoms with Gasteiger partial charge in [0.25, 0.3) is 12.0 Å². The van der Waals surface area contributed by atoms with Gasteiger partial charge < -0.3 is 10.1 Å². The van der Waals surface area contributed by atoms with Gasteiger partial charge in [-0.2, -0.15) is 0 Å². The van der Waals surface area contributed by atoms with Crippen LogP contribution in [-0.2, 0) is 0 Å². The Morgan fingerprint density at radius 2 is 2.17 bits per heavy atom. The molecular formula is C6H4ClF2NO2. The number of pyridine rings is 1. The van der Waals surface area contributed by atoms with Gasteiger partial charge in [0, 0.05) is 6.07 Å². The molecule has 0 aliphatic rings. The molecule has 0 fully saturated rings. The Bertz CT molecular complexity index is 350. The lowest BCUT2D eigenvalue weighted by atomic mass is 10.3. The van der Waals surface area contributed by atoms with Gasteiger partial charge in [0.2, 0.25) is 0 Å². The molecule has 0 radical (unpaired) electrons. The Kier molecular flexibility index (Phi) is 2.32. The summed E-state index contributed by atoms with van der Waals surface area (Å²) < 4.78 is 23.9. The first kappa shape index (κ1) is 8.99. The highest BCUT2D eigenvalue weighted by atomic mass is 35.5. The number of rotatable bonds is 1. The molecule has 0 aromatic carbocycles. The molecule has 0 aliphatic heterocycles. The molecule has 0 saturated carbocycles. The van der Waals surface area contributed by atoms with Crippen LogP contribution in [0.1, 0.15) is 12.1 Å². The van der Waals surface area contributed by atoms with Gasteiger partial charge >= 0.3 is 0 Å². The first-order valence-electron chi connectivity index (χ1n) is 2.92. The van der Waals surface area contributed by atoms with Crippen LogP contribution < -0.4 is 5.56 Å². The molecule has 1 rings (SSSR count). The summed E-state index contributed by atoms with van der Waals surface area (Å²) in [5.41, 5.74) is -1.58. The van der Waals surface area contributed by atoms with Crippen molar-refractivity contribution >= 4 is 11.6 Å². The fraction of sp³-hybridized carbons (Fsp3) is 0.167. The van der Waals surface area contributed by atoms with E-state index in [9.17, 15) is 13.6 Å². The van der Waals surface area contributed by atoms with E-state index >= 15 is 0 Å². The average Bonchev–Trinajstić information content (AvgIpc) is 1.99. The zero-order valence-corrected chi connectivity index (χ0v) is 6.40. The van der Waals surface area contributed by atoms with E-state index in [-0.39, 0.29) is 0 Å². The zero-order chi connectivity index (χ0) is 9.30. The van der Waals surface area contributed by atoms with Crippen LogP contribution in [0.2, 0.25) is 5.02 Å². The van der Waals surface area contributed by atoms with E-state index in [4.69, 9.17) is 16.7 Å². The summed E-state index contributed by atoms with van der Waals surface area (Å²) in [5, 5.41) is 8.36. The maximum Gasteiger partial charge on any atom is 0.278 e. The molecule has 12 heavy (non-hydrogen) atoms. The molecule has 0 spiro atoms. The number of hydrogen-bond acceptors (Lipinski definition) is 2. The van der Waals surface area contributed by atoms with Gasteiger partial charge in [-0.1, -0.05) is 11.6 Å². The topological polar surface area (TPSA) is 53.1 Å². The Morgan fingerprint density at radius 3 is 2.58 bits per heavy atom. The highest BCUT2D eigenvalue weighted by molar-refractivity contribution is 6.31. The highest BCUT2D eigenvalue weighted by Crippen LogP contribution is 2.23. The zero-order valence-electron chi connectivity index (χ0n) is 5.64. The minimum absolute atomic E-state index is 0.487. The summed E-state index contributed by atoms with van der Waals surface area (Å²) in [4.78, 5) is 12.5. The molecule has 2 N–H and O–H groups in total. The molecule has 66 valence electrons. The molecule has 0 atom stereocenters. The van der Waals surface area contributed by atoms with Gasteiger partial charge in [-0.3, -0.25) is 4.79 Å². The lowest BCUT2D eigenvalue weighted by Gasteiger charge is -2.00. The van der Waals surface area contributed by atoms with Crippen molar-refractivity contribution in [2.45, 2.75) is 6.43 Å². The van der Waals surface area contributed by atoms with Gasteiger partial charge in [0.15, 0.2) is 0 Å². The summed E-state index contributed by atoms with van der Waals surface area (Å²) in [6, 6.07) is 0.717. The second-order valence-electron chi connectivity index (χ2n) is 2.05. The molecule has 1 heterocycles. The summed E-state index contributed by atoms with van der Waals surface area (Å²) in [6.45, 7) is 0. The summed E-state index contributed by atoms with van der Waals surface area (Å²) >= 11 is 5.22. The molecule has 0 bridgehead atoms. The van der Waals surface area contributed by atoms with Crippen LogP contribution in [-0.4, -0.2) is 10.1 Å². The molecule has 6 heteroatoms. The fourth-order valence-corrected chi connectivity index (χ4v) is 0.768. The fourth-order valence-electron chi connectivity index (χ4n) is 0.667. The van der Waals surface area contributed by atoms with E-state index in [0.29, 0.717) is 6.07 Å². The van der Waals surface area contributed by atoms with Crippen molar-refractivity contribution in [1.82, 2.24) is 4.98 Å². The molecule has 0 amide bonds. The number of aromatic amines is 1. The minimum atomic E-state index is -2.83. The molecule has 3 nitrogen and oxygen atoms in total. The number of nitrogens with one attached hydrogen (secondary N) is 1. The standard InChI is InChI=1S/C6H4ClF2NO2/c7-4-3(11)1-2(5(8)9)10-6(4)12/h1,5H,(H2,10,11,12). The number of H-pyrrole nitrogens is 1. The van der Waals surface area contributed by atoms with E-state index in [0.717, 1.165) is 0 Å². The predicted molar refractivity (Wildman–Crippen MR) is 38.7 cm³/mol. The molecule has 1 aromatic rings. The van der Waals surface area contributed by atoms with Gasteiger partial charge in [-0.05, 0) is 0 Å². The number of aromatic nitrogens is 1. The Balaban J connectivity index is 3.31. The van der Waals surface area contributed by atoms with Gasteiger partial charge in [-0.15, -0.1) is 0 Å². The van der Waals surface area contributed by atoms with Crippen LogP contribution >= 0.6 is 11.6 Å². The second kappa shape index (κ2) is 3.10. The van der Waals surface area contributed by atoms with E-state index in [1.54, 1.807) is 0 Å². The lowest BCUT2D eigenvalue weighted by molar-refractivity contribution is 0.145. The van der Waals surface area contributed by atoms with E-state index in [2.05, 4.69) is 0 Å². The molecule has 0 saturated heterocycles. The lowest BCUT2D eigenvalue weighted by Crippen LogP contribution is -2.09. The average molecular weight is 196 g/mol. The van der Waals surface area contributed by atoms with Crippen LogP contribution in [0.5, 0.6) is 5.75 Å². The Hall–Kier alpha value is -1.10. The van der Waals surface area contributed by atoms with Crippen LogP contribution in [0, 0.1) is 0 Å². The van der Waals surface area contributed by atoms with E-state index < -0.39 is 28.5 Å². The number of halogens is 3. The van der Waals surface area contributed by atoms with E-state index in [1.807, 2.05) is 4.98 Å². The van der Waals surface area contributed by atoms with Crippen molar-refractivity contribution in [3.05, 3.63) is 27.1 Å². The van der Waals surface area contributed by atoms with Crippen molar-refractivity contribution in [3.8, 4) is 5.75 Å². The van der Waals surface area contributed by atoms with Crippen molar-refractivity contribution in [2.24, 2.45) is 0 Å². The first-order chi connectivity index (χ1) is 5.52. The second-order valence-corrected chi connectivity index (χ2v) is 2.43. The van der Waals surface area contributed by atoms with E-state index in [1.165, 1.54) is 0 Å². The third kappa shape index (κ3) is 1.55. The molecule has 1 aromatic heterocycles. The predicted octanol–water partition coefficient (Wildman–Crippen LogP) is 1.67. The van der Waals surface area contributed by atoms with Gasteiger partial charge in [-0.25, -0.2) is 8.78 Å². The van der Waals surface area contributed by atoms with Crippen LogP contribution in [0.15, 0.2) is 10.9 Å². The quantitative estimate of drug-likeness (QED) is 0.716. The van der Waals surface area contributed by atoms with Gasteiger partial charge in [0.1, 0.15) is 10.8 Å². The van der Waals surface area contributed by atoms with Crippen LogP contribution in [0.4, 0.5) is 8.78 Å². The van der Waals surface area contributed by atoms with Crippen molar-refractivity contribution in [1.29, 1.82) is 0 Å². The largest absolute Gasteiger partial charge is 0.506 e. The SMILES string of the molecule is O=c1[nH]c(C(F)F)cc(O)c1Cl. The Labute approximate surface area is 70.6 Å². The van der Waals surface area contributed by atoms with Crippen LogP contribution in [0.3, 0.4) is 0 Å². The Morgan fingerprint density at radius 1 is 1.58 bits per heavy atom. The van der Waals surface area contributed by atoms with Crippen LogP contribution in [0.25, 0.3) is 0 Å². The number of hydrogen-bond donors (Lipinski definition) is 2. The number of alkyl halides is 2. The minimum Gasteiger partial charge on any atom is -0.506 e. The number of aromatic hydroxyl groups is 1. The monoisotopic (exact) mass is 195 g/mol. The maximum atomic E-state index is 11.9. The first-order valence-corrected chi connectivity index (χ1v) is 3.30. The summed E-state index contributed by atoms with van der Waals surface area (Å²) in [5.74, 6) is -0.643. The normalized spacial score (nSPS) is 10.7. The molecule has 0 aliphatic carbocycles. The maximum absolute atomic E-state index is 11.9. The third-order valence-corrected chi connectivity index (χ3v) is 1.57. The third-order valence-electron chi connectivity index (χ3n) is 1.21. The summed E-state index contributed by atoms with van der Waals surface area (Å²) in [6.07, 6.45) is -2.83.